The molecule has 2 aromatic carbocycles. The molecule has 1 aliphatic heterocycles. The number of furan rings is 1. The molecule has 0 saturated carbocycles. The van der Waals surface area contributed by atoms with Crippen LogP contribution in [0.1, 0.15) is 58.7 Å². The Labute approximate surface area is 170 Å². The van der Waals surface area contributed by atoms with Crippen molar-refractivity contribution in [2.24, 2.45) is 0 Å². The molecule has 0 fully saturated rings. The van der Waals surface area contributed by atoms with Crippen molar-refractivity contribution in [2.45, 2.75) is 45.6 Å². The minimum absolute atomic E-state index is 0.0288. The van der Waals surface area contributed by atoms with E-state index in [4.69, 9.17) is 9.15 Å². The molecule has 0 saturated heterocycles. The Morgan fingerprint density at radius 3 is 2.66 bits per heavy atom. The summed E-state index contributed by atoms with van der Waals surface area (Å²) in [6, 6.07) is 13.5. The van der Waals surface area contributed by atoms with Gasteiger partial charge in [0.15, 0.2) is 11.5 Å². The van der Waals surface area contributed by atoms with Gasteiger partial charge in [0.25, 0.3) is 5.91 Å². The zero-order valence-electron chi connectivity index (χ0n) is 17.0. The normalized spacial score (nSPS) is 18.4. The van der Waals surface area contributed by atoms with E-state index in [1.54, 1.807) is 12.1 Å². The zero-order chi connectivity index (χ0) is 20.6. The van der Waals surface area contributed by atoms with E-state index in [-0.39, 0.29) is 17.5 Å². The summed E-state index contributed by atoms with van der Waals surface area (Å²) in [5.41, 5.74) is 2.40. The van der Waals surface area contributed by atoms with Crippen molar-refractivity contribution in [1.82, 2.24) is 5.32 Å². The van der Waals surface area contributed by atoms with Crippen molar-refractivity contribution in [3.05, 3.63) is 64.9 Å². The Kier molecular flexibility index (Phi) is 4.91. The van der Waals surface area contributed by atoms with Crippen molar-refractivity contribution in [3.63, 3.8) is 0 Å². The number of carbonyl (C=O) groups excluding carboxylic acids is 2. The van der Waals surface area contributed by atoms with Crippen LogP contribution >= 0.6 is 0 Å². The van der Waals surface area contributed by atoms with Crippen LogP contribution in [0.5, 0.6) is 5.75 Å². The van der Waals surface area contributed by atoms with Crippen LogP contribution in [0, 0.1) is 6.92 Å². The van der Waals surface area contributed by atoms with Gasteiger partial charge in [-0.1, -0.05) is 37.3 Å². The number of nitrogens with one attached hydrogen (secondary N) is 1. The molecule has 5 heteroatoms. The predicted octanol–water partition coefficient (Wildman–Crippen LogP) is 4.85. The van der Waals surface area contributed by atoms with Crippen LogP contribution in [0.3, 0.4) is 0 Å². The van der Waals surface area contributed by atoms with Gasteiger partial charge in [-0.25, -0.2) is 0 Å². The second-order valence-electron chi connectivity index (χ2n) is 7.86. The molecule has 0 bridgehead atoms. The van der Waals surface area contributed by atoms with Crippen molar-refractivity contribution >= 4 is 22.7 Å². The number of fused-ring (bicyclic) bond motifs is 3. The maximum Gasteiger partial charge on any atom is 0.287 e. The highest BCUT2D eigenvalue weighted by Crippen LogP contribution is 2.41. The lowest BCUT2D eigenvalue weighted by molar-refractivity contribution is 0.0503. The smallest absolute Gasteiger partial charge is 0.287 e. The van der Waals surface area contributed by atoms with E-state index in [1.165, 1.54) is 0 Å². The van der Waals surface area contributed by atoms with Crippen LogP contribution in [0.4, 0.5) is 0 Å². The molecule has 1 atom stereocenters. The fraction of sp³-hybridized carbons (Fsp3) is 0.333. The summed E-state index contributed by atoms with van der Waals surface area (Å²) >= 11 is 0. The van der Waals surface area contributed by atoms with Gasteiger partial charge in [0.05, 0.1) is 12.0 Å². The second-order valence-corrected chi connectivity index (χ2v) is 7.86. The molecule has 1 amide bonds. The van der Waals surface area contributed by atoms with Gasteiger partial charge in [-0.15, -0.1) is 0 Å². The monoisotopic (exact) mass is 391 g/mol. The van der Waals surface area contributed by atoms with E-state index in [1.807, 2.05) is 51.1 Å². The van der Waals surface area contributed by atoms with Crippen molar-refractivity contribution in [1.29, 1.82) is 0 Å². The third-order valence-electron chi connectivity index (χ3n) is 5.72. The third-order valence-corrected chi connectivity index (χ3v) is 5.72. The molecule has 0 spiro atoms. The van der Waals surface area contributed by atoms with Gasteiger partial charge < -0.3 is 14.5 Å². The van der Waals surface area contributed by atoms with E-state index < -0.39 is 5.60 Å². The predicted molar refractivity (Wildman–Crippen MR) is 112 cm³/mol. The molecular weight excluding hydrogens is 366 g/mol. The zero-order valence-corrected chi connectivity index (χ0v) is 17.0. The number of hydrogen-bond donors (Lipinski definition) is 1. The van der Waals surface area contributed by atoms with Gasteiger partial charge in [0, 0.05) is 17.5 Å². The number of rotatable bonds is 5. The van der Waals surface area contributed by atoms with Crippen LogP contribution in [-0.2, 0) is 6.42 Å². The summed E-state index contributed by atoms with van der Waals surface area (Å²) < 4.78 is 12.0. The second kappa shape index (κ2) is 7.39. The van der Waals surface area contributed by atoms with Gasteiger partial charge in [-0.3, -0.25) is 9.59 Å². The fourth-order valence-corrected chi connectivity index (χ4v) is 3.87. The standard InChI is InChI=1S/C24H25NO4/c1-4-24(3)14-17(26)21-19(29-24)11-10-18-20(21)15(2)22(28-18)23(27)25-13-12-16-8-6-5-7-9-16/h5-11H,4,12-14H2,1-3H3,(H,25,27). The quantitative estimate of drug-likeness (QED) is 0.675. The highest BCUT2D eigenvalue weighted by Gasteiger charge is 2.37. The summed E-state index contributed by atoms with van der Waals surface area (Å²) in [6.07, 6.45) is 1.80. The molecule has 1 N–H and O–H groups in total. The lowest BCUT2D eigenvalue weighted by Crippen LogP contribution is -2.38. The van der Waals surface area contributed by atoms with E-state index in [0.29, 0.717) is 40.8 Å². The number of aryl methyl sites for hydroxylation is 1. The largest absolute Gasteiger partial charge is 0.486 e. The first-order chi connectivity index (χ1) is 13.9. The molecule has 2 heterocycles. The van der Waals surface area contributed by atoms with E-state index in [0.717, 1.165) is 18.4 Å². The van der Waals surface area contributed by atoms with Gasteiger partial charge in [0.1, 0.15) is 16.9 Å². The molecule has 1 aromatic heterocycles. The van der Waals surface area contributed by atoms with Crippen LogP contribution in [-0.4, -0.2) is 23.8 Å². The van der Waals surface area contributed by atoms with Gasteiger partial charge in [-0.2, -0.15) is 0 Å². The molecule has 0 radical (unpaired) electrons. The number of ketones is 1. The minimum atomic E-state index is -0.493. The molecule has 150 valence electrons. The van der Waals surface area contributed by atoms with E-state index in [9.17, 15) is 9.59 Å². The van der Waals surface area contributed by atoms with E-state index >= 15 is 0 Å². The number of hydrogen-bond acceptors (Lipinski definition) is 4. The number of amides is 1. The van der Waals surface area contributed by atoms with Crippen molar-refractivity contribution < 1.29 is 18.7 Å². The summed E-state index contributed by atoms with van der Waals surface area (Å²) in [5.74, 6) is 0.572. The molecule has 0 aliphatic carbocycles. The highest BCUT2D eigenvalue weighted by molar-refractivity contribution is 6.13. The van der Waals surface area contributed by atoms with Gasteiger partial charge in [-0.05, 0) is 44.4 Å². The first-order valence-electron chi connectivity index (χ1n) is 10.0. The topological polar surface area (TPSA) is 68.5 Å². The summed E-state index contributed by atoms with van der Waals surface area (Å²) in [4.78, 5) is 25.6. The van der Waals surface area contributed by atoms with Crippen LogP contribution in [0.15, 0.2) is 46.9 Å². The number of ether oxygens (including phenoxy) is 1. The Balaban J connectivity index is 1.60. The first-order valence-corrected chi connectivity index (χ1v) is 10.0. The van der Waals surface area contributed by atoms with Crippen molar-refractivity contribution in [3.8, 4) is 5.75 Å². The summed E-state index contributed by atoms with van der Waals surface area (Å²) in [6.45, 7) is 6.29. The van der Waals surface area contributed by atoms with Crippen molar-refractivity contribution in [2.75, 3.05) is 6.54 Å². The summed E-state index contributed by atoms with van der Waals surface area (Å²) in [5, 5.41) is 3.59. The maximum atomic E-state index is 12.9. The first kappa shape index (κ1) is 19.2. The summed E-state index contributed by atoms with van der Waals surface area (Å²) in [7, 11) is 0. The highest BCUT2D eigenvalue weighted by atomic mass is 16.5. The van der Waals surface area contributed by atoms with Gasteiger partial charge >= 0.3 is 0 Å². The molecule has 29 heavy (non-hydrogen) atoms. The number of carbonyl (C=O) groups is 2. The van der Waals surface area contributed by atoms with E-state index in [2.05, 4.69) is 5.32 Å². The molecular formula is C24H25NO4. The molecule has 3 aromatic rings. The molecule has 5 nitrogen and oxygen atoms in total. The number of benzene rings is 2. The Morgan fingerprint density at radius 1 is 1.17 bits per heavy atom. The lowest BCUT2D eigenvalue weighted by Gasteiger charge is -2.34. The average Bonchev–Trinajstić information content (AvgIpc) is 3.05. The molecule has 4 rings (SSSR count). The Bertz CT molecular complexity index is 1080. The Morgan fingerprint density at radius 2 is 1.93 bits per heavy atom. The molecule has 1 aliphatic rings. The van der Waals surface area contributed by atoms with Gasteiger partial charge in [0.2, 0.25) is 0 Å². The Hall–Kier alpha value is -3.08. The molecule has 1 unspecified atom stereocenters. The SMILES string of the molecule is CCC1(C)CC(=O)c2c(ccc3oc(C(=O)NCCc4ccccc4)c(C)c23)O1. The average molecular weight is 391 g/mol. The maximum absolute atomic E-state index is 12.9. The fourth-order valence-electron chi connectivity index (χ4n) is 3.87. The van der Waals surface area contributed by atoms with Crippen LogP contribution in [0.2, 0.25) is 0 Å². The lowest BCUT2D eigenvalue weighted by atomic mass is 9.87. The third kappa shape index (κ3) is 3.53. The van der Waals surface area contributed by atoms with Crippen LogP contribution < -0.4 is 10.1 Å². The minimum Gasteiger partial charge on any atom is -0.486 e. The van der Waals surface area contributed by atoms with Crippen LogP contribution in [0.25, 0.3) is 11.0 Å². The number of Topliss-reactive ketones (excluding diaryl/α,β-unsaturated/α-hetero) is 1.